The van der Waals surface area contributed by atoms with E-state index in [2.05, 4.69) is 88.8 Å². The maximum absolute atomic E-state index is 4.79. The first-order valence-electron chi connectivity index (χ1n) is 10.3. The number of imidazole rings is 1. The molecule has 0 unspecified atom stereocenters. The Morgan fingerprint density at radius 3 is 2.37 bits per heavy atom. The Bertz CT molecular complexity index is 1120. The lowest BCUT2D eigenvalue weighted by molar-refractivity contribution is 0.866. The van der Waals surface area contributed by atoms with Crippen LogP contribution in [0.25, 0.3) is 22.5 Å². The van der Waals surface area contributed by atoms with Crippen LogP contribution in [-0.2, 0) is 0 Å². The summed E-state index contributed by atoms with van der Waals surface area (Å²) in [5.41, 5.74) is 7.81. The summed E-state index contributed by atoms with van der Waals surface area (Å²) >= 11 is 1.62. The van der Waals surface area contributed by atoms with E-state index in [1.54, 1.807) is 11.3 Å². The summed E-state index contributed by atoms with van der Waals surface area (Å²) < 4.78 is 0. The van der Waals surface area contributed by atoms with Gasteiger partial charge in [0.2, 0.25) is 0 Å². The number of anilines is 3. The third kappa shape index (κ3) is 4.24. The number of hydrogen-bond acceptors (Lipinski definition) is 5. The van der Waals surface area contributed by atoms with Crippen molar-refractivity contribution in [2.75, 3.05) is 23.3 Å². The maximum Gasteiger partial charge on any atom is 0.187 e. The Hall–Kier alpha value is -3.12. The first kappa shape index (κ1) is 20.2. The minimum atomic E-state index is 0.900. The second-order valence-electron chi connectivity index (χ2n) is 7.29. The number of aryl methyl sites for hydroxylation is 2. The second-order valence-corrected chi connectivity index (χ2v) is 8.15. The molecule has 0 atom stereocenters. The fraction of sp³-hybridized carbons (Fsp3) is 0.250. The smallest absolute Gasteiger partial charge is 0.187 e. The summed E-state index contributed by atoms with van der Waals surface area (Å²) in [6, 6.07) is 15.0. The molecule has 0 aliphatic carbocycles. The topological polar surface area (TPSA) is 56.8 Å². The van der Waals surface area contributed by atoms with Crippen LogP contribution < -0.4 is 10.2 Å². The summed E-state index contributed by atoms with van der Waals surface area (Å²) in [6.07, 6.45) is 1.86. The Kier molecular flexibility index (Phi) is 5.86. The van der Waals surface area contributed by atoms with Crippen molar-refractivity contribution in [1.29, 1.82) is 0 Å². The van der Waals surface area contributed by atoms with Gasteiger partial charge < -0.3 is 15.2 Å². The number of nitrogens with one attached hydrogen (secondary N) is 2. The van der Waals surface area contributed by atoms with Gasteiger partial charge in [0.1, 0.15) is 5.82 Å². The van der Waals surface area contributed by atoms with E-state index in [1.807, 2.05) is 13.1 Å². The van der Waals surface area contributed by atoms with Gasteiger partial charge in [-0.05, 0) is 57.0 Å². The molecular weight excluding hydrogens is 390 g/mol. The fourth-order valence-electron chi connectivity index (χ4n) is 3.54. The maximum atomic E-state index is 4.79. The number of rotatable bonds is 7. The van der Waals surface area contributed by atoms with E-state index >= 15 is 0 Å². The number of H-pyrrole nitrogens is 1. The Balaban J connectivity index is 1.49. The highest BCUT2D eigenvalue weighted by Gasteiger charge is 2.09. The first-order valence-corrected chi connectivity index (χ1v) is 11.2. The Morgan fingerprint density at radius 1 is 1.00 bits per heavy atom. The Morgan fingerprint density at radius 2 is 1.73 bits per heavy atom. The zero-order valence-corrected chi connectivity index (χ0v) is 18.7. The minimum absolute atomic E-state index is 0.900. The zero-order valence-electron chi connectivity index (χ0n) is 17.9. The van der Waals surface area contributed by atoms with Crippen LogP contribution in [-0.4, -0.2) is 28.0 Å². The van der Waals surface area contributed by atoms with Gasteiger partial charge in [-0.25, -0.2) is 9.97 Å². The van der Waals surface area contributed by atoms with E-state index in [0.29, 0.717) is 0 Å². The van der Waals surface area contributed by atoms with Crippen LogP contribution in [0.5, 0.6) is 0 Å². The van der Waals surface area contributed by atoms with Crippen molar-refractivity contribution in [1.82, 2.24) is 15.0 Å². The zero-order chi connectivity index (χ0) is 21.1. The van der Waals surface area contributed by atoms with Crippen LogP contribution in [0.4, 0.5) is 16.5 Å². The third-order valence-electron chi connectivity index (χ3n) is 5.28. The normalized spacial score (nSPS) is 10.9. The summed E-state index contributed by atoms with van der Waals surface area (Å²) in [4.78, 5) is 14.7. The van der Waals surface area contributed by atoms with Crippen molar-refractivity contribution < 1.29 is 0 Å². The largest absolute Gasteiger partial charge is 0.372 e. The van der Waals surface area contributed by atoms with E-state index < -0.39 is 0 Å². The molecule has 2 N–H and O–H groups in total. The second kappa shape index (κ2) is 8.71. The molecule has 0 bridgehead atoms. The Labute approximate surface area is 181 Å². The third-order valence-corrected chi connectivity index (χ3v) is 6.04. The van der Waals surface area contributed by atoms with E-state index in [4.69, 9.17) is 4.98 Å². The van der Waals surface area contributed by atoms with Crippen LogP contribution in [0.15, 0.2) is 54.0 Å². The predicted octanol–water partition coefficient (Wildman–Crippen LogP) is 6.41. The van der Waals surface area contributed by atoms with Gasteiger partial charge in [-0.3, -0.25) is 0 Å². The van der Waals surface area contributed by atoms with Gasteiger partial charge in [0.15, 0.2) is 5.13 Å². The molecule has 2 heterocycles. The van der Waals surface area contributed by atoms with Crippen molar-refractivity contribution in [3.63, 3.8) is 0 Å². The molecule has 0 radical (unpaired) electrons. The van der Waals surface area contributed by atoms with Crippen molar-refractivity contribution in [3.05, 3.63) is 65.4 Å². The molecule has 0 amide bonds. The molecular formula is C24H27N5S. The van der Waals surface area contributed by atoms with Crippen molar-refractivity contribution >= 4 is 27.8 Å². The molecule has 0 spiro atoms. The van der Waals surface area contributed by atoms with Crippen molar-refractivity contribution in [2.24, 2.45) is 0 Å². The number of thiazole rings is 1. The molecule has 6 heteroatoms. The SMILES string of the molecule is CCN(CC)c1ccc(Nc2nc(-c3ccc(-c4cnc(C)[nH]4)cc3)cs2)c(C)c1. The van der Waals surface area contributed by atoms with Gasteiger partial charge >= 0.3 is 0 Å². The van der Waals surface area contributed by atoms with Crippen LogP contribution in [0.2, 0.25) is 0 Å². The monoisotopic (exact) mass is 417 g/mol. The molecule has 154 valence electrons. The quantitative estimate of drug-likeness (QED) is 0.365. The molecule has 0 fully saturated rings. The van der Waals surface area contributed by atoms with Crippen LogP contribution in [0.1, 0.15) is 25.2 Å². The average molecular weight is 418 g/mol. The number of aromatic amines is 1. The predicted molar refractivity (Wildman–Crippen MR) is 128 cm³/mol. The highest BCUT2D eigenvalue weighted by Crippen LogP contribution is 2.31. The first-order chi connectivity index (χ1) is 14.6. The lowest BCUT2D eigenvalue weighted by Crippen LogP contribution is -2.21. The molecule has 2 aromatic heterocycles. The van der Waals surface area contributed by atoms with Gasteiger partial charge in [0.05, 0.1) is 17.6 Å². The lowest BCUT2D eigenvalue weighted by atomic mass is 10.1. The van der Waals surface area contributed by atoms with Gasteiger partial charge in [0, 0.05) is 35.4 Å². The van der Waals surface area contributed by atoms with E-state index in [9.17, 15) is 0 Å². The minimum Gasteiger partial charge on any atom is -0.372 e. The summed E-state index contributed by atoms with van der Waals surface area (Å²) in [5, 5.41) is 6.47. The molecule has 0 saturated heterocycles. The number of aromatic nitrogens is 3. The molecule has 30 heavy (non-hydrogen) atoms. The van der Waals surface area contributed by atoms with Gasteiger partial charge in [-0.1, -0.05) is 24.3 Å². The van der Waals surface area contributed by atoms with Gasteiger partial charge in [-0.15, -0.1) is 11.3 Å². The summed E-state index contributed by atoms with van der Waals surface area (Å²) in [7, 11) is 0. The van der Waals surface area contributed by atoms with Crippen molar-refractivity contribution in [3.8, 4) is 22.5 Å². The summed E-state index contributed by atoms with van der Waals surface area (Å²) in [5.74, 6) is 0.921. The molecule has 4 rings (SSSR count). The standard InChI is InChI=1S/C24H27N5S/c1-5-29(6-2)20-11-12-21(16(3)13-20)27-24-28-23(15-30-24)19-9-7-18(8-10-19)22-14-25-17(4)26-22/h7-15H,5-6H2,1-4H3,(H,25,26)(H,27,28). The molecule has 4 aromatic rings. The number of hydrogen-bond donors (Lipinski definition) is 2. The number of benzene rings is 2. The molecule has 0 aliphatic rings. The van der Waals surface area contributed by atoms with Gasteiger partial charge in [0.25, 0.3) is 0 Å². The summed E-state index contributed by atoms with van der Waals surface area (Å²) in [6.45, 7) is 10.5. The van der Waals surface area contributed by atoms with Gasteiger partial charge in [-0.2, -0.15) is 0 Å². The van der Waals surface area contributed by atoms with Crippen LogP contribution >= 0.6 is 11.3 Å². The highest BCUT2D eigenvalue weighted by atomic mass is 32.1. The van der Waals surface area contributed by atoms with E-state index in [1.165, 1.54) is 11.3 Å². The average Bonchev–Trinajstić information content (AvgIpc) is 3.40. The van der Waals surface area contributed by atoms with E-state index in [0.717, 1.165) is 52.2 Å². The van der Waals surface area contributed by atoms with E-state index in [-0.39, 0.29) is 0 Å². The molecule has 2 aromatic carbocycles. The fourth-order valence-corrected chi connectivity index (χ4v) is 4.27. The highest BCUT2D eigenvalue weighted by molar-refractivity contribution is 7.14. The van der Waals surface area contributed by atoms with Crippen LogP contribution in [0, 0.1) is 13.8 Å². The van der Waals surface area contributed by atoms with Crippen molar-refractivity contribution in [2.45, 2.75) is 27.7 Å². The molecule has 5 nitrogen and oxygen atoms in total. The molecule has 0 saturated carbocycles. The molecule has 0 aliphatic heterocycles. The van der Waals surface area contributed by atoms with Crippen LogP contribution in [0.3, 0.4) is 0 Å². The number of nitrogens with zero attached hydrogens (tertiary/aromatic N) is 3. The lowest BCUT2D eigenvalue weighted by Gasteiger charge is -2.22.